The lowest BCUT2D eigenvalue weighted by atomic mass is 10.1. The molecule has 0 N–H and O–H groups in total. The van der Waals surface area contributed by atoms with Gasteiger partial charge in [0.25, 0.3) is 0 Å². The van der Waals surface area contributed by atoms with Crippen molar-refractivity contribution in [2.45, 2.75) is 32.9 Å². The highest BCUT2D eigenvalue weighted by Crippen LogP contribution is 2.20. The van der Waals surface area contributed by atoms with Crippen LogP contribution in [0.2, 0.25) is 0 Å². The quantitative estimate of drug-likeness (QED) is 0.835. The van der Waals surface area contributed by atoms with Gasteiger partial charge in [0.2, 0.25) is 23.6 Å². The summed E-state index contributed by atoms with van der Waals surface area (Å²) in [7, 11) is 0. The Morgan fingerprint density at radius 1 is 1.21 bits per heavy atom. The number of benzene rings is 1. The van der Waals surface area contributed by atoms with Crippen LogP contribution in [0.3, 0.4) is 0 Å². The van der Waals surface area contributed by atoms with Crippen molar-refractivity contribution in [3.8, 4) is 11.5 Å². The summed E-state index contributed by atoms with van der Waals surface area (Å²) in [6, 6.07) is 8.90. The first kappa shape index (κ1) is 16.2. The van der Waals surface area contributed by atoms with E-state index >= 15 is 0 Å². The van der Waals surface area contributed by atoms with E-state index in [4.69, 9.17) is 4.42 Å². The summed E-state index contributed by atoms with van der Waals surface area (Å²) < 4.78 is 5.64. The zero-order valence-corrected chi connectivity index (χ0v) is 13.8. The van der Waals surface area contributed by atoms with Crippen molar-refractivity contribution in [3.05, 3.63) is 36.2 Å². The number of piperazine rings is 1. The summed E-state index contributed by atoms with van der Waals surface area (Å²) in [5, 5.41) is 8.02. The zero-order valence-electron chi connectivity index (χ0n) is 13.8. The van der Waals surface area contributed by atoms with Crippen LogP contribution in [0.1, 0.15) is 26.2 Å². The third-order valence-electron chi connectivity index (χ3n) is 4.07. The first-order chi connectivity index (χ1) is 11.6. The summed E-state index contributed by atoms with van der Waals surface area (Å²) in [5.74, 6) is 0.585. The normalized spacial score (nSPS) is 18.3. The summed E-state index contributed by atoms with van der Waals surface area (Å²) >= 11 is 0. The van der Waals surface area contributed by atoms with Gasteiger partial charge in [-0.05, 0) is 25.5 Å². The van der Waals surface area contributed by atoms with Crippen LogP contribution in [0, 0.1) is 0 Å². The van der Waals surface area contributed by atoms with Crippen LogP contribution in [-0.4, -0.2) is 50.9 Å². The van der Waals surface area contributed by atoms with E-state index < -0.39 is 6.04 Å². The molecule has 7 heteroatoms. The third-order valence-corrected chi connectivity index (χ3v) is 4.07. The zero-order chi connectivity index (χ0) is 17.1. The minimum absolute atomic E-state index is 0.0424. The second kappa shape index (κ2) is 6.82. The number of nitrogens with zero attached hydrogens (tertiary/aromatic N) is 4. The lowest BCUT2D eigenvalue weighted by Crippen LogP contribution is -2.58. The van der Waals surface area contributed by atoms with Gasteiger partial charge in [-0.3, -0.25) is 9.59 Å². The average Bonchev–Trinajstić information content (AvgIpc) is 3.06. The molecule has 1 aliphatic rings. The van der Waals surface area contributed by atoms with Crippen molar-refractivity contribution < 1.29 is 14.0 Å². The van der Waals surface area contributed by atoms with Crippen molar-refractivity contribution in [1.29, 1.82) is 0 Å². The fourth-order valence-electron chi connectivity index (χ4n) is 2.79. The Balaban J connectivity index is 1.73. The van der Waals surface area contributed by atoms with Crippen molar-refractivity contribution in [2.75, 3.05) is 13.1 Å². The van der Waals surface area contributed by atoms with Gasteiger partial charge in [-0.1, -0.05) is 25.1 Å². The third kappa shape index (κ3) is 3.15. The fourth-order valence-corrected chi connectivity index (χ4v) is 2.79. The molecular weight excluding hydrogens is 308 g/mol. The molecule has 2 aromatic rings. The minimum atomic E-state index is -0.523. The number of hydrogen-bond donors (Lipinski definition) is 0. The number of rotatable bonds is 5. The van der Waals surface area contributed by atoms with Gasteiger partial charge in [-0.15, -0.1) is 10.2 Å². The van der Waals surface area contributed by atoms with Crippen molar-refractivity contribution in [2.24, 2.45) is 0 Å². The summed E-state index contributed by atoms with van der Waals surface area (Å²) in [5.41, 5.74) is 0.819. The Morgan fingerprint density at radius 3 is 2.67 bits per heavy atom. The van der Waals surface area contributed by atoms with Crippen LogP contribution in [-0.2, 0) is 16.1 Å². The topological polar surface area (TPSA) is 79.5 Å². The molecule has 0 saturated carbocycles. The molecule has 1 aromatic heterocycles. The first-order valence-electron chi connectivity index (χ1n) is 8.06. The van der Waals surface area contributed by atoms with Gasteiger partial charge < -0.3 is 14.2 Å². The second-order valence-corrected chi connectivity index (χ2v) is 5.82. The van der Waals surface area contributed by atoms with E-state index in [1.165, 1.54) is 4.90 Å². The van der Waals surface area contributed by atoms with E-state index in [1.807, 2.05) is 37.3 Å². The predicted molar refractivity (Wildman–Crippen MR) is 86.6 cm³/mol. The molecule has 0 bridgehead atoms. The Bertz CT molecular complexity index is 728. The largest absolute Gasteiger partial charge is 0.419 e. The lowest BCUT2D eigenvalue weighted by Gasteiger charge is -2.37. The number of carbonyl (C=O) groups excluding carboxylic acids is 2. The maximum absolute atomic E-state index is 12.4. The van der Waals surface area contributed by atoms with Crippen molar-refractivity contribution >= 4 is 11.8 Å². The summed E-state index contributed by atoms with van der Waals surface area (Å²) in [4.78, 5) is 27.8. The van der Waals surface area contributed by atoms with E-state index in [2.05, 4.69) is 10.2 Å². The molecule has 2 heterocycles. The molecule has 1 atom stereocenters. The SMILES string of the molecule is CCCN1CC(=O)N(Cc2nnc(-c3ccccc3)o2)[C@@H](C)C1=O. The molecule has 1 aliphatic heterocycles. The highest BCUT2D eigenvalue weighted by molar-refractivity contribution is 5.94. The Labute approximate surface area is 140 Å². The molecule has 0 aliphatic carbocycles. The van der Waals surface area contributed by atoms with Gasteiger partial charge in [0.15, 0.2) is 0 Å². The highest BCUT2D eigenvalue weighted by Gasteiger charge is 2.36. The van der Waals surface area contributed by atoms with E-state index in [0.717, 1.165) is 12.0 Å². The molecule has 3 rings (SSSR count). The predicted octanol–water partition coefficient (Wildman–Crippen LogP) is 1.71. The van der Waals surface area contributed by atoms with Crippen LogP contribution < -0.4 is 0 Å². The van der Waals surface area contributed by atoms with Gasteiger partial charge >= 0.3 is 0 Å². The molecule has 126 valence electrons. The molecule has 1 saturated heterocycles. The van der Waals surface area contributed by atoms with Gasteiger partial charge in [0.1, 0.15) is 6.04 Å². The van der Waals surface area contributed by atoms with E-state index in [-0.39, 0.29) is 24.9 Å². The van der Waals surface area contributed by atoms with E-state index in [0.29, 0.717) is 18.3 Å². The molecule has 2 amide bonds. The fraction of sp³-hybridized carbons (Fsp3) is 0.412. The molecule has 0 radical (unpaired) electrons. The molecule has 0 spiro atoms. The van der Waals surface area contributed by atoms with E-state index in [1.54, 1.807) is 11.8 Å². The Hall–Kier alpha value is -2.70. The Kier molecular flexibility index (Phi) is 4.59. The Morgan fingerprint density at radius 2 is 1.96 bits per heavy atom. The molecule has 1 fully saturated rings. The number of amides is 2. The van der Waals surface area contributed by atoms with Crippen LogP contribution in [0.4, 0.5) is 0 Å². The van der Waals surface area contributed by atoms with Gasteiger partial charge in [0, 0.05) is 12.1 Å². The van der Waals surface area contributed by atoms with Crippen LogP contribution in [0.5, 0.6) is 0 Å². The first-order valence-corrected chi connectivity index (χ1v) is 8.06. The monoisotopic (exact) mass is 328 g/mol. The van der Waals surface area contributed by atoms with Gasteiger partial charge in [-0.25, -0.2) is 0 Å². The van der Waals surface area contributed by atoms with Gasteiger partial charge in [0.05, 0.1) is 13.1 Å². The second-order valence-electron chi connectivity index (χ2n) is 5.82. The summed E-state index contributed by atoms with van der Waals surface area (Å²) in [6.45, 7) is 4.57. The molecule has 7 nitrogen and oxygen atoms in total. The number of aromatic nitrogens is 2. The average molecular weight is 328 g/mol. The standard InChI is InChI=1S/C17H20N4O3/c1-3-9-20-11-15(22)21(12(2)17(20)23)10-14-18-19-16(24-14)13-7-5-4-6-8-13/h4-8,12H,3,9-11H2,1-2H3/t12-/m0/s1. The van der Waals surface area contributed by atoms with Gasteiger partial charge in [-0.2, -0.15) is 0 Å². The number of hydrogen-bond acceptors (Lipinski definition) is 5. The summed E-state index contributed by atoms with van der Waals surface area (Å²) in [6.07, 6.45) is 0.829. The molecule has 24 heavy (non-hydrogen) atoms. The number of carbonyl (C=O) groups is 2. The smallest absolute Gasteiger partial charge is 0.247 e. The maximum Gasteiger partial charge on any atom is 0.247 e. The van der Waals surface area contributed by atoms with E-state index in [9.17, 15) is 9.59 Å². The molecular formula is C17H20N4O3. The van der Waals surface area contributed by atoms with Crippen molar-refractivity contribution in [1.82, 2.24) is 20.0 Å². The van der Waals surface area contributed by atoms with Crippen LogP contribution >= 0.6 is 0 Å². The van der Waals surface area contributed by atoms with Crippen LogP contribution in [0.25, 0.3) is 11.5 Å². The molecule has 0 unspecified atom stereocenters. The minimum Gasteiger partial charge on any atom is -0.419 e. The van der Waals surface area contributed by atoms with Crippen molar-refractivity contribution in [3.63, 3.8) is 0 Å². The van der Waals surface area contributed by atoms with Crippen LogP contribution in [0.15, 0.2) is 34.7 Å². The highest BCUT2D eigenvalue weighted by atomic mass is 16.4. The maximum atomic E-state index is 12.4. The molecule has 1 aromatic carbocycles. The lowest BCUT2D eigenvalue weighted by molar-refractivity contribution is -0.156.